The molecule has 2 fully saturated rings. The van der Waals surface area contributed by atoms with E-state index in [1.54, 1.807) is 12.3 Å². The molecule has 3 aliphatic rings. The number of likely N-dealkylation sites (tertiary alicyclic amines) is 1. The van der Waals surface area contributed by atoms with E-state index in [0.717, 1.165) is 73.1 Å². The number of rotatable bonds is 15. The number of fused-ring (bicyclic) bond motifs is 1. The molecule has 3 heterocycles. The molecule has 2 saturated heterocycles. The van der Waals surface area contributed by atoms with Gasteiger partial charge >= 0.3 is 0 Å². The van der Waals surface area contributed by atoms with Crippen LogP contribution in [0.25, 0.3) is 11.1 Å². The summed E-state index contributed by atoms with van der Waals surface area (Å²) in [6.45, 7) is 4.18. The van der Waals surface area contributed by atoms with Crippen molar-refractivity contribution >= 4 is 29.1 Å². The maximum Gasteiger partial charge on any atom is 0.220 e. The average Bonchev–Trinajstić information content (AvgIpc) is 3.75. The van der Waals surface area contributed by atoms with Gasteiger partial charge in [0.1, 0.15) is 36.0 Å². The number of hydrogen-bond acceptors (Lipinski definition) is 9. The maximum absolute atomic E-state index is 11.7. The van der Waals surface area contributed by atoms with Gasteiger partial charge in [-0.05, 0) is 60.6 Å². The van der Waals surface area contributed by atoms with Crippen molar-refractivity contribution in [2.24, 2.45) is 0 Å². The number of halogens is 2. The SMILES string of the molecule is N#Cc1cncc(COc2cc(O[C@H]3CCc4c(-c5cccc(OCCCN6CC(O)C6)c5Cl)cccc43)c(Cl)cc2CNC[C@@H]2CCC(=O)N2)c1. The zero-order chi connectivity index (χ0) is 36.0. The molecular formula is C40H41Cl2N5O5. The Balaban J connectivity index is 1.07. The number of benzene rings is 3. The van der Waals surface area contributed by atoms with Crippen molar-refractivity contribution < 1.29 is 24.1 Å². The van der Waals surface area contributed by atoms with Crippen LogP contribution in [0.5, 0.6) is 17.2 Å². The number of hydrogen-bond donors (Lipinski definition) is 3. The van der Waals surface area contributed by atoms with Gasteiger partial charge in [0.2, 0.25) is 5.91 Å². The molecule has 0 bridgehead atoms. The maximum atomic E-state index is 11.7. The van der Waals surface area contributed by atoms with Gasteiger partial charge in [0.15, 0.2) is 0 Å². The predicted molar refractivity (Wildman–Crippen MR) is 199 cm³/mol. The van der Waals surface area contributed by atoms with E-state index in [-0.39, 0.29) is 30.8 Å². The third-order valence-electron chi connectivity index (χ3n) is 9.78. The van der Waals surface area contributed by atoms with Crippen LogP contribution in [0.1, 0.15) is 59.6 Å². The quantitative estimate of drug-likeness (QED) is 0.119. The van der Waals surface area contributed by atoms with Gasteiger partial charge in [-0.15, -0.1) is 0 Å². The van der Waals surface area contributed by atoms with Crippen molar-refractivity contribution in [3.63, 3.8) is 0 Å². The minimum atomic E-state index is -0.231. The Morgan fingerprint density at radius 1 is 1.00 bits per heavy atom. The highest BCUT2D eigenvalue weighted by Gasteiger charge is 2.29. The number of nitrogens with one attached hydrogen (secondary N) is 2. The Bertz CT molecular complexity index is 1960. The van der Waals surface area contributed by atoms with Crippen LogP contribution < -0.4 is 24.8 Å². The number of pyridine rings is 1. The lowest BCUT2D eigenvalue weighted by Gasteiger charge is -2.35. The van der Waals surface area contributed by atoms with E-state index < -0.39 is 0 Å². The normalized spacial score (nSPS) is 18.4. The lowest BCUT2D eigenvalue weighted by Crippen LogP contribution is -2.50. The molecule has 7 rings (SSSR count). The first-order valence-corrected chi connectivity index (χ1v) is 18.5. The van der Waals surface area contributed by atoms with Crippen LogP contribution in [0.2, 0.25) is 10.0 Å². The molecule has 3 N–H and O–H groups in total. The van der Waals surface area contributed by atoms with Gasteiger partial charge in [0.05, 0.1) is 28.3 Å². The summed E-state index contributed by atoms with van der Waals surface area (Å²) < 4.78 is 19.1. The van der Waals surface area contributed by atoms with Gasteiger partial charge in [-0.3, -0.25) is 14.7 Å². The molecule has 0 unspecified atom stereocenters. The van der Waals surface area contributed by atoms with Gasteiger partial charge < -0.3 is 30.0 Å². The molecule has 2 atom stereocenters. The monoisotopic (exact) mass is 741 g/mol. The first kappa shape index (κ1) is 36.0. The lowest BCUT2D eigenvalue weighted by molar-refractivity contribution is -0.119. The number of amides is 1. The second-order valence-electron chi connectivity index (χ2n) is 13.6. The molecule has 4 aromatic rings. The van der Waals surface area contributed by atoms with Gasteiger partial charge in [-0.2, -0.15) is 5.26 Å². The molecular weight excluding hydrogens is 701 g/mol. The summed E-state index contributed by atoms with van der Waals surface area (Å²) in [6.07, 6.45) is 6.52. The third kappa shape index (κ3) is 8.46. The van der Waals surface area contributed by atoms with E-state index in [4.69, 9.17) is 37.4 Å². The summed E-state index contributed by atoms with van der Waals surface area (Å²) >= 11 is 13.8. The molecule has 0 spiro atoms. The number of ether oxygens (including phenoxy) is 3. The van der Waals surface area contributed by atoms with Crippen LogP contribution in [0.15, 0.2) is 67.0 Å². The van der Waals surface area contributed by atoms with E-state index in [1.165, 1.54) is 11.8 Å². The number of nitriles is 1. The first-order valence-electron chi connectivity index (χ1n) is 17.7. The zero-order valence-corrected chi connectivity index (χ0v) is 30.3. The summed E-state index contributed by atoms with van der Waals surface area (Å²) in [6, 6.07) is 19.8. The van der Waals surface area contributed by atoms with Gasteiger partial charge in [0.25, 0.3) is 0 Å². The number of carbonyl (C=O) groups excluding carboxylic acids is 1. The second-order valence-corrected chi connectivity index (χ2v) is 14.3. The Morgan fingerprint density at radius 2 is 1.85 bits per heavy atom. The van der Waals surface area contributed by atoms with Crippen molar-refractivity contribution in [1.29, 1.82) is 5.26 Å². The van der Waals surface area contributed by atoms with Crippen molar-refractivity contribution in [3.05, 3.63) is 105 Å². The molecule has 1 aromatic heterocycles. The van der Waals surface area contributed by atoms with Crippen molar-refractivity contribution in [2.45, 2.75) is 63.5 Å². The van der Waals surface area contributed by atoms with Crippen molar-refractivity contribution in [3.8, 4) is 34.4 Å². The van der Waals surface area contributed by atoms with Crippen LogP contribution in [0.4, 0.5) is 0 Å². The minimum absolute atomic E-state index is 0.0755. The highest BCUT2D eigenvalue weighted by atomic mass is 35.5. The molecule has 0 saturated carbocycles. The lowest BCUT2D eigenvalue weighted by atomic mass is 9.96. The van der Waals surface area contributed by atoms with Gasteiger partial charge in [-0.25, -0.2) is 0 Å². The predicted octanol–water partition coefficient (Wildman–Crippen LogP) is 6.39. The summed E-state index contributed by atoms with van der Waals surface area (Å²) in [4.78, 5) is 18.0. The Labute approximate surface area is 313 Å². The first-order chi connectivity index (χ1) is 25.3. The molecule has 52 heavy (non-hydrogen) atoms. The largest absolute Gasteiger partial charge is 0.492 e. The van der Waals surface area contributed by atoms with Gasteiger partial charge in [0, 0.05) is 80.3 Å². The van der Waals surface area contributed by atoms with E-state index in [1.807, 2.05) is 36.4 Å². The number of aromatic nitrogens is 1. The highest BCUT2D eigenvalue weighted by molar-refractivity contribution is 6.35. The van der Waals surface area contributed by atoms with Crippen LogP contribution in [-0.2, 0) is 24.4 Å². The number of aliphatic hydroxyl groups excluding tert-OH is 1. The van der Waals surface area contributed by atoms with E-state index in [2.05, 4.69) is 38.7 Å². The standard InChI is InChI=1S/C40H41Cl2N5O5/c41-34-15-27(20-45-21-28-8-11-39(49)46-28)37(51-24-26-14-25(17-43)18-44-19-26)16-38(34)52-35-10-9-31-30(4-1-5-32(31)35)33-6-2-7-36(40(33)42)50-13-3-12-47-22-29(48)23-47/h1-2,4-7,14-16,18-19,28-29,35,45,48H,3,8-13,20-24H2,(H,46,49)/t28-,35-/m0/s1. The number of β-amino-alcohol motifs (C(OH)–C–C–N with tert-alkyl or cyclic N) is 1. The zero-order valence-electron chi connectivity index (χ0n) is 28.7. The second kappa shape index (κ2) is 16.5. The molecule has 12 heteroatoms. The Morgan fingerprint density at radius 3 is 2.65 bits per heavy atom. The van der Waals surface area contributed by atoms with Crippen molar-refractivity contribution in [2.75, 3.05) is 32.8 Å². The van der Waals surface area contributed by atoms with E-state index in [9.17, 15) is 15.2 Å². The van der Waals surface area contributed by atoms with E-state index in [0.29, 0.717) is 59.0 Å². The number of carbonyl (C=O) groups is 1. The molecule has 3 aromatic carbocycles. The smallest absolute Gasteiger partial charge is 0.220 e. The molecule has 270 valence electrons. The average molecular weight is 743 g/mol. The Kier molecular flexibility index (Phi) is 11.4. The van der Waals surface area contributed by atoms with Crippen LogP contribution in [0, 0.1) is 11.3 Å². The number of aliphatic hydroxyl groups is 1. The molecule has 1 amide bonds. The van der Waals surface area contributed by atoms with Crippen LogP contribution >= 0.6 is 23.2 Å². The summed E-state index contributed by atoms with van der Waals surface area (Å²) in [7, 11) is 0. The third-order valence-corrected chi connectivity index (χ3v) is 10.5. The molecule has 0 radical (unpaired) electrons. The summed E-state index contributed by atoms with van der Waals surface area (Å²) in [5.41, 5.74) is 6.30. The fourth-order valence-electron chi connectivity index (χ4n) is 7.11. The molecule has 1 aliphatic carbocycles. The van der Waals surface area contributed by atoms with Crippen LogP contribution in [-0.4, -0.2) is 65.8 Å². The van der Waals surface area contributed by atoms with E-state index >= 15 is 0 Å². The molecule has 10 nitrogen and oxygen atoms in total. The number of nitrogens with zero attached hydrogens (tertiary/aromatic N) is 3. The van der Waals surface area contributed by atoms with Gasteiger partial charge in [-0.1, -0.05) is 53.5 Å². The topological polar surface area (TPSA) is 129 Å². The Hall–Kier alpha value is -4.37. The summed E-state index contributed by atoms with van der Waals surface area (Å²) in [5.74, 6) is 1.84. The molecule has 2 aliphatic heterocycles. The summed E-state index contributed by atoms with van der Waals surface area (Å²) in [5, 5.41) is 26.3. The minimum Gasteiger partial charge on any atom is -0.492 e. The van der Waals surface area contributed by atoms with Crippen LogP contribution in [0.3, 0.4) is 0 Å². The van der Waals surface area contributed by atoms with Crippen molar-refractivity contribution in [1.82, 2.24) is 20.5 Å². The fourth-order valence-corrected chi connectivity index (χ4v) is 7.62. The fraction of sp³-hybridized carbons (Fsp3) is 0.375. The highest BCUT2D eigenvalue weighted by Crippen LogP contribution is 2.45.